The predicted molar refractivity (Wildman–Crippen MR) is 88.5 cm³/mol. The summed E-state index contributed by atoms with van der Waals surface area (Å²) in [6.07, 6.45) is 0.531. The summed E-state index contributed by atoms with van der Waals surface area (Å²) in [5.74, 6) is -0.240. The molecule has 2 aromatic rings. The van der Waals surface area contributed by atoms with Crippen LogP contribution in [0.5, 0.6) is 0 Å². The van der Waals surface area contributed by atoms with Crippen molar-refractivity contribution in [2.75, 3.05) is 15.8 Å². The van der Waals surface area contributed by atoms with Crippen LogP contribution in [0.1, 0.15) is 23.7 Å². The highest BCUT2D eigenvalue weighted by Crippen LogP contribution is 2.15. The van der Waals surface area contributed by atoms with Gasteiger partial charge in [0.2, 0.25) is 10.0 Å². The molecule has 0 saturated carbocycles. The molecule has 0 fully saturated rings. The normalized spacial score (nSPS) is 11.0. The van der Waals surface area contributed by atoms with Crippen molar-refractivity contribution in [3.05, 3.63) is 60.2 Å². The van der Waals surface area contributed by atoms with Gasteiger partial charge in [-0.2, -0.15) is 0 Å². The molecule has 2 N–H and O–H groups in total. The van der Waals surface area contributed by atoms with Crippen molar-refractivity contribution in [2.45, 2.75) is 13.3 Å². The second-order valence-electron chi connectivity index (χ2n) is 4.82. The summed E-state index contributed by atoms with van der Waals surface area (Å²) in [7, 11) is -3.37. The minimum absolute atomic E-state index is 0.0490. The largest absolute Gasteiger partial charge is 0.322 e. The van der Waals surface area contributed by atoms with Crippen LogP contribution in [0.3, 0.4) is 0 Å². The zero-order valence-corrected chi connectivity index (χ0v) is 13.1. The van der Waals surface area contributed by atoms with Gasteiger partial charge in [-0.1, -0.05) is 31.2 Å². The number of carbonyl (C=O) groups excluding carboxylic acids is 1. The Bertz CT molecular complexity index is 743. The zero-order chi connectivity index (χ0) is 16.0. The molecular formula is C16H18N2O3S. The SMILES string of the molecule is CCCS(=O)(=O)Nc1cccc(C(=O)Nc2ccccc2)c1. The van der Waals surface area contributed by atoms with Gasteiger partial charge in [0.1, 0.15) is 0 Å². The lowest BCUT2D eigenvalue weighted by molar-refractivity contribution is 0.102. The third-order valence-corrected chi connectivity index (χ3v) is 4.40. The number of carbonyl (C=O) groups is 1. The number of sulfonamides is 1. The molecule has 6 heteroatoms. The van der Waals surface area contributed by atoms with Crippen LogP contribution in [-0.4, -0.2) is 20.1 Å². The highest BCUT2D eigenvalue weighted by molar-refractivity contribution is 7.92. The molecule has 0 saturated heterocycles. The number of hydrogen-bond donors (Lipinski definition) is 2. The van der Waals surface area contributed by atoms with Crippen molar-refractivity contribution in [1.29, 1.82) is 0 Å². The highest BCUT2D eigenvalue weighted by atomic mass is 32.2. The molecule has 0 radical (unpaired) electrons. The van der Waals surface area contributed by atoms with Crippen molar-refractivity contribution >= 4 is 27.3 Å². The summed E-state index contributed by atoms with van der Waals surface area (Å²) in [6, 6.07) is 15.5. The molecule has 0 aliphatic carbocycles. The van der Waals surface area contributed by atoms with Gasteiger partial charge in [-0.3, -0.25) is 9.52 Å². The summed E-state index contributed by atoms with van der Waals surface area (Å²) >= 11 is 0. The molecule has 0 aliphatic heterocycles. The second kappa shape index (κ2) is 7.09. The number of nitrogens with one attached hydrogen (secondary N) is 2. The van der Waals surface area contributed by atoms with E-state index in [1.54, 1.807) is 37.3 Å². The number of amides is 1. The maximum atomic E-state index is 12.2. The maximum Gasteiger partial charge on any atom is 0.255 e. The first kappa shape index (κ1) is 16.0. The fraction of sp³-hybridized carbons (Fsp3) is 0.188. The minimum atomic E-state index is -3.37. The predicted octanol–water partition coefficient (Wildman–Crippen LogP) is 3.09. The Kier molecular flexibility index (Phi) is 5.16. The smallest absolute Gasteiger partial charge is 0.255 e. The second-order valence-corrected chi connectivity index (χ2v) is 6.66. The Hall–Kier alpha value is -2.34. The number of benzene rings is 2. The number of anilines is 2. The molecule has 2 aromatic carbocycles. The standard InChI is InChI=1S/C16H18N2O3S/c1-2-11-22(20,21)18-15-10-6-7-13(12-15)16(19)17-14-8-4-3-5-9-14/h3-10,12,18H,2,11H2,1H3,(H,17,19). The van der Waals surface area contributed by atoms with Crippen LogP contribution in [0.25, 0.3) is 0 Å². The highest BCUT2D eigenvalue weighted by Gasteiger charge is 2.11. The van der Waals surface area contributed by atoms with Gasteiger partial charge in [-0.05, 0) is 36.8 Å². The van der Waals surface area contributed by atoms with E-state index < -0.39 is 10.0 Å². The molecule has 5 nitrogen and oxygen atoms in total. The quantitative estimate of drug-likeness (QED) is 0.859. The monoisotopic (exact) mass is 318 g/mol. The Balaban J connectivity index is 2.13. The van der Waals surface area contributed by atoms with Crippen LogP contribution >= 0.6 is 0 Å². The average Bonchev–Trinajstić information content (AvgIpc) is 2.48. The van der Waals surface area contributed by atoms with E-state index in [2.05, 4.69) is 10.0 Å². The number of para-hydroxylation sites is 1. The molecule has 2 rings (SSSR count). The van der Waals surface area contributed by atoms with Crippen molar-refractivity contribution in [3.8, 4) is 0 Å². The number of hydrogen-bond acceptors (Lipinski definition) is 3. The molecule has 0 aromatic heterocycles. The molecule has 1 amide bonds. The van der Waals surface area contributed by atoms with Crippen LogP contribution < -0.4 is 10.0 Å². The van der Waals surface area contributed by atoms with E-state index in [0.29, 0.717) is 23.4 Å². The van der Waals surface area contributed by atoms with E-state index in [0.717, 1.165) is 0 Å². The van der Waals surface area contributed by atoms with E-state index in [4.69, 9.17) is 0 Å². The lowest BCUT2D eigenvalue weighted by Gasteiger charge is -2.09. The Morgan fingerprint density at radius 2 is 1.68 bits per heavy atom. The third-order valence-electron chi connectivity index (χ3n) is 2.90. The van der Waals surface area contributed by atoms with Crippen molar-refractivity contribution in [2.24, 2.45) is 0 Å². The first-order valence-electron chi connectivity index (χ1n) is 6.97. The van der Waals surface area contributed by atoms with Crippen molar-refractivity contribution in [3.63, 3.8) is 0 Å². The van der Waals surface area contributed by atoms with Crippen molar-refractivity contribution in [1.82, 2.24) is 0 Å². The summed E-state index contributed by atoms with van der Waals surface area (Å²) in [5, 5.41) is 2.76. The van der Waals surface area contributed by atoms with Crippen LogP contribution in [0.2, 0.25) is 0 Å². The first-order valence-corrected chi connectivity index (χ1v) is 8.62. The zero-order valence-electron chi connectivity index (χ0n) is 12.2. The van der Waals surface area contributed by atoms with Gasteiger partial charge in [0.25, 0.3) is 5.91 Å². The van der Waals surface area contributed by atoms with E-state index in [1.807, 2.05) is 18.2 Å². The summed E-state index contributed by atoms with van der Waals surface area (Å²) in [4.78, 5) is 12.2. The van der Waals surface area contributed by atoms with E-state index >= 15 is 0 Å². The van der Waals surface area contributed by atoms with Gasteiger partial charge in [0.15, 0.2) is 0 Å². The van der Waals surface area contributed by atoms with Gasteiger partial charge in [-0.15, -0.1) is 0 Å². The molecule has 0 heterocycles. The summed E-state index contributed by atoms with van der Waals surface area (Å²) in [5.41, 5.74) is 1.46. The maximum absolute atomic E-state index is 12.2. The Morgan fingerprint density at radius 3 is 2.36 bits per heavy atom. The molecule has 0 aliphatic rings. The Labute approximate surface area is 130 Å². The number of rotatable bonds is 6. The summed E-state index contributed by atoms with van der Waals surface area (Å²) in [6.45, 7) is 1.79. The first-order chi connectivity index (χ1) is 10.5. The molecule has 116 valence electrons. The van der Waals surface area contributed by atoms with Crippen LogP contribution in [0, 0.1) is 0 Å². The van der Waals surface area contributed by atoms with Crippen molar-refractivity contribution < 1.29 is 13.2 Å². The van der Waals surface area contributed by atoms with Gasteiger partial charge < -0.3 is 5.32 Å². The third kappa shape index (κ3) is 4.60. The Morgan fingerprint density at radius 1 is 1.00 bits per heavy atom. The summed E-state index contributed by atoms with van der Waals surface area (Å²) < 4.78 is 26.0. The van der Waals surface area contributed by atoms with Gasteiger partial charge >= 0.3 is 0 Å². The fourth-order valence-electron chi connectivity index (χ4n) is 1.95. The van der Waals surface area contributed by atoms with E-state index in [9.17, 15) is 13.2 Å². The molecular weight excluding hydrogens is 300 g/mol. The lowest BCUT2D eigenvalue weighted by Crippen LogP contribution is -2.17. The molecule has 0 atom stereocenters. The fourth-order valence-corrected chi connectivity index (χ4v) is 3.07. The molecule has 0 bridgehead atoms. The van der Waals surface area contributed by atoms with Gasteiger partial charge in [0, 0.05) is 16.9 Å². The topological polar surface area (TPSA) is 75.3 Å². The average molecular weight is 318 g/mol. The van der Waals surface area contributed by atoms with E-state index in [-0.39, 0.29) is 11.7 Å². The van der Waals surface area contributed by atoms with Crippen LogP contribution in [0.15, 0.2) is 54.6 Å². The molecule has 0 spiro atoms. The minimum Gasteiger partial charge on any atom is -0.322 e. The lowest BCUT2D eigenvalue weighted by atomic mass is 10.2. The van der Waals surface area contributed by atoms with Crippen LogP contribution in [-0.2, 0) is 10.0 Å². The van der Waals surface area contributed by atoms with Crippen LogP contribution in [0.4, 0.5) is 11.4 Å². The van der Waals surface area contributed by atoms with Gasteiger partial charge in [-0.25, -0.2) is 8.42 Å². The van der Waals surface area contributed by atoms with Gasteiger partial charge in [0.05, 0.1) is 5.75 Å². The molecule has 22 heavy (non-hydrogen) atoms. The van der Waals surface area contributed by atoms with E-state index in [1.165, 1.54) is 6.07 Å². The molecule has 0 unspecified atom stereocenters.